The molecule has 20 heavy (non-hydrogen) atoms. The molecule has 7 heteroatoms. The Morgan fingerprint density at radius 1 is 1.50 bits per heavy atom. The van der Waals surface area contributed by atoms with Crippen LogP contribution in [-0.4, -0.2) is 28.8 Å². The second kappa shape index (κ2) is 5.77. The van der Waals surface area contributed by atoms with Gasteiger partial charge in [0.15, 0.2) is 5.03 Å². The van der Waals surface area contributed by atoms with Gasteiger partial charge in [0.1, 0.15) is 5.82 Å². The number of alkyl halides is 1. The predicted octanol–water partition coefficient (Wildman–Crippen LogP) is 2.35. The zero-order valence-corrected chi connectivity index (χ0v) is 14.6. The molecule has 5 nitrogen and oxygen atoms in total. The van der Waals surface area contributed by atoms with Gasteiger partial charge in [0.25, 0.3) is 10.0 Å². The minimum absolute atomic E-state index is 0.108. The van der Waals surface area contributed by atoms with Gasteiger partial charge in [-0.25, -0.2) is 18.1 Å². The third-order valence-corrected chi connectivity index (χ3v) is 6.72. The molecule has 114 valence electrons. The first-order chi connectivity index (χ1) is 9.28. The van der Waals surface area contributed by atoms with Gasteiger partial charge in [0, 0.05) is 24.1 Å². The summed E-state index contributed by atoms with van der Waals surface area (Å²) in [7, 11) is -1.77. The van der Waals surface area contributed by atoms with Crippen LogP contribution in [0.15, 0.2) is 11.2 Å². The molecule has 1 fully saturated rings. The van der Waals surface area contributed by atoms with E-state index in [1.165, 1.54) is 0 Å². The molecule has 0 unspecified atom stereocenters. The number of hydrogen-bond acceptors (Lipinski definition) is 3. The van der Waals surface area contributed by atoms with Crippen molar-refractivity contribution < 1.29 is 8.42 Å². The number of imidazole rings is 1. The van der Waals surface area contributed by atoms with Crippen molar-refractivity contribution in [2.24, 2.45) is 13.0 Å². The monoisotopic (exact) mass is 363 g/mol. The molecule has 0 aliphatic heterocycles. The molecular formula is C13H22BrN3O2S. The standard InChI is InChI=1S/C13H22BrN3O2S/c1-10-4-6-13(9-14,7-5-10)16-20(18,19)12-8-17(3)11(2)15-12/h8,10,16H,4-7,9H2,1-3H3. The van der Waals surface area contributed by atoms with Gasteiger partial charge < -0.3 is 4.57 Å². The first kappa shape index (κ1) is 16.0. The first-order valence-electron chi connectivity index (χ1n) is 6.88. The van der Waals surface area contributed by atoms with Crippen LogP contribution in [0.5, 0.6) is 0 Å². The molecule has 0 aromatic carbocycles. The molecule has 0 bridgehead atoms. The average Bonchev–Trinajstić information content (AvgIpc) is 2.74. The van der Waals surface area contributed by atoms with Crippen LogP contribution in [0.2, 0.25) is 0 Å². The Morgan fingerprint density at radius 2 is 2.10 bits per heavy atom. The molecule has 0 saturated heterocycles. The average molecular weight is 364 g/mol. The highest BCUT2D eigenvalue weighted by Gasteiger charge is 2.38. The van der Waals surface area contributed by atoms with Crippen LogP contribution in [0.25, 0.3) is 0 Å². The molecule has 1 aromatic heterocycles. The number of hydrogen-bond donors (Lipinski definition) is 1. The molecule has 1 aliphatic rings. The topological polar surface area (TPSA) is 64.0 Å². The minimum Gasteiger partial charge on any atom is -0.337 e. The van der Waals surface area contributed by atoms with Crippen molar-refractivity contribution in [3.8, 4) is 0 Å². The molecule has 1 saturated carbocycles. The Morgan fingerprint density at radius 3 is 2.55 bits per heavy atom. The van der Waals surface area contributed by atoms with Crippen molar-refractivity contribution in [1.82, 2.24) is 14.3 Å². The minimum atomic E-state index is -3.56. The molecule has 0 radical (unpaired) electrons. The fraction of sp³-hybridized carbons (Fsp3) is 0.769. The number of aryl methyl sites for hydroxylation is 2. The Hall–Kier alpha value is -0.400. The number of rotatable bonds is 4. The van der Waals surface area contributed by atoms with E-state index in [4.69, 9.17) is 0 Å². The van der Waals surface area contributed by atoms with E-state index in [0.29, 0.717) is 17.1 Å². The van der Waals surface area contributed by atoms with Gasteiger partial charge in [0.05, 0.1) is 0 Å². The lowest BCUT2D eigenvalue weighted by molar-refractivity contribution is 0.249. The van der Waals surface area contributed by atoms with Gasteiger partial charge in [-0.05, 0) is 38.5 Å². The summed E-state index contributed by atoms with van der Waals surface area (Å²) in [6.07, 6.45) is 5.39. The maximum atomic E-state index is 12.5. The molecule has 2 rings (SSSR count). The molecule has 1 aromatic rings. The summed E-state index contributed by atoms with van der Waals surface area (Å²) < 4.78 is 29.6. The summed E-state index contributed by atoms with van der Waals surface area (Å²) in [5.41, 5.74) is -0.378. The third kappa shape index (κ3) is 3.26. The van der Waals surface area contributed by atoms with E-state index in [2.05, 4.69) is 32.6 Å². The zero-order valence-electron chi connectivity index (χ0n) is 12.2. The second-order valence-electron chi connectivity index (χ2n) is 5.94. The van der Waals surface area contributed by atoms with E-state index in [1.807, 2.05) is 0 Å². The fourth-order valence-electron chi connectivity index (χ4n) is 2.57. The third-order valence-electron chi connectivity index (χ3n) is 4.20. The molecule has 1 N–H and O–H groups in total. The van der Waals surface area contributed by atoms with Crippen LogP contribution in [0.1, 0.15) is 38.4 Å². The summed E-state index contributed by atoms with van der Waals surface area (Å²) in [5, 5.41) is 0.744. The van der Waals surface area contributed by atoms with Gasteiger partial charge in [-0.3, -0.25) is 0 Å². The van der Waals surface area contributed by atoms with E-state index in [0.717, 1.165) is 25.7 Å². The maximum absolute atomic E-state index is 12.5. The first-order valence-corrected chi connectivity index (χ1v) is 9.48. The van der Waals surface area contributed by atoms with E-state index in [9.17, 15) is 8.42 Å². The Balaban J connectivity index is 2.22. The lowest BCUT2D eigenvalue weighted by atomic mass is 9.79. The Labute approximate surface area is 129 Å². The molecule has 1 aliphatic carbocycles. The van der Waals surface area contributed by atoms with Crippen molar-refractivity contribution >= 4 is 26.0 Å². The van der Waals surface area contributed by atoms with Gasteiger partial charge >= 0.3 is 0 Å². The second-order valence-corrected chi connectivity index (χ2v) is 8.13. The van der Waals surface area contributed by atoms with Gasteiger partial charge in [0.2, 0.25) is 0 Å². The quantitative estimate of drug-likeness (QED) is 0.835. The molecule has 1 heterocycles. The van der Waals surface area contributed by atoms with Crippen molar-refractivity contribution in [3.63, 3.8) is 0 Å². The predicted molar refractivity (Wildman–Crippen MR) is 82.4 cm³/mol. The summed E-state index contributed by atoms with van der Waals surface area (Å²) in [6, 6.07) is 0. The highest BCUT2D eigenvalue weighted by molar-refractivity contribution is 9.09. The zero-order chi connectivity index (χ0) is 15.0. The number of halogens is 1. The van der Waals surface area contributed by atoms with E-state index in [1.54, 1.807) is 24.7 Å². The normalized spacial score (nSPS) is 27.7. The van der Waals surface area contributed by atoms with E-state index >= 15 is 0 Å². The highest BCUT2D eigenvalue weighted by atomic mass is 79.9. The van der Waals surface area contributed by atoms with Crippen LogP contribution >= 0.6 is 15.9 Å². The van der Waals surface area contributed by atoms with Crippen LogP contribution in [0, 0.1) is 12.8 Å². The molecule has 0 atom stereocenters. The van der Waals surface area contributed by atoms with Crippen molar-refractivity contribution in [2.75, 3.05) is 5.33 Å². The largest absolute Gasteiger partial charge is 0.337 e. The maximum Gasteiger partial charge on any atom is 0.260 e. The van der Waals surface area contributed by atoms with Gasteiger partial charge in [-0.2, -0.15) is 0 Å². The molecular weight excluding hydrogens is 342 g/mol. The highest BCUT2D eigenvalue weighted by Crippen LogP contribution is 2.34. The smallest absolute Gasteiger partial charge is 0.260 e. The van der Waals surface area contributed by atoms with Gasteiger partial charge in [-0.1, -0.05) is 22.9 Å². The summed E-state index contributed by atoms with van der Waals surface area (Å²) >= 11 is 3.48. The SMILES string of the molecule is Cc1nc(S(=O)(=O)NC2(CBr)CCC(C)CC2)cn1C. The van der Waals surface area contributed by atoms with Crippen LogP contribution < -0.4 is 4.72 Å². The summed E-state index contributed by atoms with van der Waals surface area (Å²) in [5.74, 6) is 1.36. The summed E-state index contributed by atoms with van der Waals surface area (Å²) in [6.45, 7) is 4.01. The summed E-state index contributed by atoms with van der Waals surface area (Å²) in [4.78, 5) is 4.12. The fourth-order valence-corrected chi connectivity index (χ4v) is 4.96. The number of nitrogens with zero attached hydrogens (tertiary/aromatic N) is 2. The lowest BCUT2D eigenvalue weighted by Gasteiger charge is -2.38. The van der Waals surface area contributed by atoms with Crippen molar-refractivity contribution in [3.05, 3.63) is 12.0 Å². The Kier molecular flexibility index (Phi) is 4.61. The van der Waals surface area contributed by atoms with Gasteiger partial charge in [-0.15, -0.1) is 0 Å². The number of aromatic nitrogens is 2. The van der Waals surface area contributed by atoms with Crippen LogP contribution in [0.3, 0.4) is 0 Å². The van der Waals surface area contributed by atoms with E-state index in [-0.39, 0.29) is 10.6 Å². The van der Waals surface area contributed by atoms with Crippen LogP contribution in [0.4, 0.5) is 0 Å². The van der Waals surface area contributed by atoms with Crippen LogP contribution in [-0.2, 0) is 17.1 Å². The molecule has 0 amide bonds. The Bertz CT molecular complexity index is 555. The van der Waals surface area contributed by atoms with Crippen molar-refractivity contribution in [2.45, 2.75) is 50.1 Å². The molecule has 0 spiro atoms. The number of sulfonamides is 1. The lowest BCUT2D eigenvalue weighted by Crippen LogP contribution is -2.51. The number of nitrogens with one attached hydrogen (secondary N) is 1. The van der Waals surface area contributed by atoms with Crippen molar-refractivity contribution in [1.29, 1.82) is 0 Å². The van der Waals surface area contributed by atoms with E-state index < -0.39 is 10.0 Å².